The van der Waals surface area contributed by atoms with Gasteiger partial charge in [-0.25, -0.2) is 23.1 Å². The van der Waals surface area contributed by atoms with Crippen molar-refractivity contribution < 1.29 is 65.8 Å². The van der Waals surface area contributed by atoms with Crippen molar-refractivity contribution in [3.8, 4) is 0 Å². The number of ether oxygens (including phenoxy) is 1. The second-order valence-electron chi connectivity index (χ2n) is 7.94. The normalized spacial score (nSPS) is 28.6. The summed E-state index contributed by atoms with van der Waals surface area (Å²) in [6, 6.07) is 0.879. The molecule has 6 atom stereocenters. The Labute approximate surface area is 204 Å². The molecule has 2 aromatic rings. The Bertz CT molecular complexity index is 1490. The van der Waals surface area contributed by atoms with Gasteiger partial charge in [-0.05, 0) is 13.0 Å². The van der Waals surface area contributed by atoms with Gasteiger partial charge >= 0.3 is 29.0 Å². The molecular weight excluding hydrogens is 572 g/mol. The molecular formula is C15H18FN4O14P3. The van der Waals surface area contributed by atoms with Crippen LogP contribution in [0.4, 0.5) is 16.0 Å². The van der Waals surface area contributed by atoms with Crippen molar-refractivity contribution in [2.24, 2.45) is 4.99 Å². The average molecular weight is 590 g/mol. The second kappa shape index (κ2) is 9.36. The number of phosphoric acid groups is 3. The lowest BCUT2D eigenvalue weighted by Crippen LogP contribution is -2.44. The zero-order chi connectivity index (χ0) is 27.6. The van der Waals surface area contributed by atoms with Crippen molar-refractivity contribution in [2.45, 2.75) is 31.0 Å². The minimum Gasteiger partial charge on any atom is -0.387 e. The number of phosphoric ester groups is 1. The lowest BCUT2D eigenvalue weighted by Gasteiger charge is -2.28. The zero-order valence-corrected chi connectivity index (χ0v) is 20.9. The molecule has 18 nitrogen and oxygen atoms in total. The fourth-order valence-corrected chi connectivity index (χ4v) is 6.74. The highest BCUT2D eigenvalue weighted by Crippen LogP contribution is 2.66. The van der Waals surface area contributed by atoms with Crippen molar-refractivity contribution in [3.63, 3.8) is 0 Å². The quantitative estimate of drug-likeness (QED) is 0.199. The topological polar surface area (TPSA) is 269 Å². The number of aliphatic imine (C=N–C) groups is 1. The first-order valence-electron chi connectivity index (χ1n) is 9.79. The summed E-state index contributed by atoms with van der Waals surface area (Å²) in [6.07, 6.45) is -2.52. The van der Waals surface area contributed by atoms with Crippen LogP contribution >= 0.6 is 23.5 Å². The summed E-state index contributed by atoms with van der Waals surface area (Å²) in [5, 5.41) is 24.4. The minimum absolute atomic E-state index is 0.0391. The number of hydrogen-bond donors (Lipinski definition) is 7. The third-order valence-corrected chi connectivity index (χ3v) is 8.99. The first-order chi connectivity index (χ1) is 16.9. The number of anilines is 1. The van der Waals surface area contributed by atoms with Gasteiger partial charge in [-0.15, -0.1) is 0 Å². The Morgan fingerprint density at radius 1 is 1.22 bits per heavy atom. The molecule has 2 aliphatic heterocycles. The smallest absolute Gasteiger partial charge is 0.387 e. The van der Waals surface area contributed by atoms with Crippen LogP contribution in [0, 0.1) is 5.82 Å². The largest absolute Gasteiger partial charge is 0.490 e. The van der Waals surface area contributed by atoms with Crippen LogP contribution in [-0.2, 0) is 31.6 Å². The first-order valence-corrected chi connectivity index (χ1v) is 14.3. The van der Waals surface area contributed by atoms with Crippen LogP contribution in [0.5, 0.6) is 0 Å². The van der Waals surface area contributed by atoms with Crippen LogP contribution < -0.4 is 10.9 Å². The molecule has 1 saturated heterocycles. The van der Waals surface area contributed by atoms with Gasteiger partial charge in [0.2, 0.25) is 0 Å². The van der Waals surface area contributed by atoms with E-state index in [0.717, 1.165) is 19.3 Å². The summed E-state index contributed by atoms with van der Waals surface area (Å²) in [5.74, 6) is -1.19. The number of rotatable bonds is 8. The third-order valence-electron chi connectivity index (χ3n) is 5.18. The van der Waals surface area contributed by atoms with E-state index >= 15 is 0 Å². The van der Waals surface area contributed by atoms with E-state index in [4.69, 9.17) is 14.5 Å². The molecule has 0 spiro atoms. The molecule has 1 fully saturated rings. The Morgan fingerprint density at radius 2 is 1.89 bits per heavy atom. The summed E-state index contributed by atoms with van der Waals surface area (Å²) in [4.78, 5) is 55.5. The molecule has 4 heterocycles. The zero-order valence-electron chi connectivity index (χ0n) is 18.2. The molecule has 37 heavy (non-hydrogen) atoms. The third kappa shape index (κ3) is 5.74. The molecule has 2 aliphatic rings. The summed E-state index contributed by atoms with van der Waals surface area (Å²) >= 11 is 0. The number of halogens is 1. The van der Waals surface area contributed by atoms with E-state index in [9.17, 15) is 42.9 Å². The molecule has 7 N–H and O–H groups in total. The SMILES string of the molecule is C[C@@]1(O)[C@H](O)[C@@H](COP(=O)(O)OP(=O)(O)OP(=O)(O)O)O[C@H]1n1cc2cc(F)c(=O)nc3c2c1N=CN3. The van der Waals surface area contributed by atoms with Crippen molar-refractivity contribution in [2.75, 3.05) is 11.9 Å². The van der Waals surface area contributed by atoms with Gasteiger partial charge in [0, 0.05) is 11.6 Å². The maximum Gasteiger partial charge on any atom is 0.490 e. The molecule has 22 heteroatoms. The van der Waals surface area contributed by atoms with Crippen LogP contribution in [0.25, 0.3) is 10.8 Å². The maximum absolute atomic E-state index is 14.1. The lowest BCUT2D eigenvalue weighted by atomic mass is 9.96. The van der Waals surface area contributed by atoms with Crippen molar-refractivity contribution in [1.82, 2.24) is 9.55 Å². The van der Waals surface area contributed by atoms with E-state index in [1.165, 1.54) is 10.8 Å². The fraction of sp³-hybridized carbons (Fsp3) is 0.400. The molecule has 0 radical (unpaired) electrons. The van der Waals surface area contributed by atoms with Gasteiger partial charge in [0.15, 0.2) is 12.0 Å². The Balaban J connectivity index is 1.59. The fourth-order valence-electron chi connectivity index (χ4n) is 3.71. The van der Waals surface area contributed by atoms with E-state index in [1.54, 1.807) is 0 Å². The summed E-state index contributed by atoms with van der Waals surface area (Å²) in [7, 11) is -16.9. The summed E-state index contributed by atoms with van der Waals surface area (Å²) in [5.41, 5.74) is -3.29. The number of aliphatic hydroxyl groups is 2. The minimum atomic E-state index is -5.78. The van der Waals surface area contributed by atoms with Crippen LogP contribution in [-0.4, -0.2) is 70.1 Å². The van der Waals surface area contributed by atoms with Crippen LogP contribution in [0.15, 0.2) is 22.1 Å². The number of aromatic nitrogens is 2. The van der Waals surface area contributed by atoms with Crippen molar-refractivity contribution in [1.29, 1.82) is 0 Å². The molecule has 204 valence electrons. The molecule has 0 amide bonds. The molecule has 0 saturated carbocycles. The lowest BCUT2D eigenvalue weighted by molar-refractivity contribution is -0.0954. The molecule has 2 aromatic heterocycles. The number of hydrogen-bond acceptors (Lipinski definition) is 13. The highest BCUT2D eigenvalue weighted by atomic mass is 31.3. The van der Waals surface area contributed by atoms with Gasteiger partial charge in [-0.3, -0.25) is 9.32 Å². The molecule has 0 aliphatic carbocycles. The van der Waals surface area contributed by atoms with Gasteiger partial charge < -0.3 is 44.4 Å². The Hall–Kier alpha value is -1.95. The predicted octanol–water partition coefficient (Wildman–Crippen LogP) is -0.0265. The van der Waals surface area contributed by atoms with Gasteiger partial charge in [0.05, 0.1) is 18.3 Å². The van der Waals surface area contributed by atoms with Gasteiger partial charge in [0.25, 0.3) is 0 Å². The molecule has 2 unspecified atom stereocenters. The van der Waals surface area contributed by atoms with Gasteiger partial charge in [0.1, 0.15) is 29.4 Å². The number of nitrogens with one attached hydrogen (secondary N) is 1. The first kappa shape index (κ1) is 28.1. The summed E-state index contributed by atoms with van der Waals surface area (Å²) in [6.45, 7) is 0.0826. The van der Waals surface area contributed by atoms with Crippen molar-refractivity contribution >= 4 is 52.2 Å². The van der Waals surface area contributed by atoms with Crippen LogP contribution in [0.1, 0.15) is 13.2 Å². The highest BCUT2D eigenvalue weighted by Gasteiger charge is 2.54. The van der Waals surface area contributed by atoms with E-state index < -0.39 is 65.5 Å². The Kier molecular flexibility index (Phi) is 7.10. The predicted molar refractivity (Wildman–Crippen MR) is 118 cm³/mol. The molecule has 4 rings (SSSR count). The van der Waals surface area contributed by atoms with Gasteiger partial charge in [-0.2, -0.15) is 13.6 Å². The molecule has 0 bridgehead atoms. The monoisotopic (exact) mass is 590 g/mol. The van der Waals surface area contributed by atoms with Gasteiger partial charge in [-0.1, -0.05) is 0 Å². The summed E-state index contributed by atoms with van der Waals surface area (Å²) < 4.78 is 66.7. The van der Waals surface area contributed by atoms with Crippen LogP contribution in [0.2, 0.25) is 0 Å². The maximum atomic E-state index is 14.1. The number of nitrogens with zero attached hydrogens (tertiary/aromatic N) is 3. The van der Waals surface area contributed by atoms with Crippen LogP contribution in [0.3, 0.4) is 0 Å². The van der Waals surface area contributed by atoms with E-state index in [1.807, 2.05) is 0 Å². The average Bonchev–Trinajstić information content (AvgIpc) is 3.14. The second-order valence-corrected chi connectivity index (χ2v) is 12.4. The standard InChI is InChI=1S/C15H18FN4O14P3/c1-15(23)10(21)8(4-31-36(27,28)34-37(29,30)33-35(24,25)26)32-14(15)20-3-6-2-7(16)13(22)19-11-9(6)12(20)18-5-17-11/h2-3,5,8,10,14,21,23H,4H2,1H3,(H,27,28)(H,29,30)(H2,24,25,26)(H,17,18,19,22)/t8-,10-,14-,15-/m1/s1. The van der Waals surface area contributed by atoms with E-state index in [0.29, 0.717) is 0 Å². The van der Waals surface area contributed by atoms with E-state index in [-0.39, 0.29) is 22.4 Å². The van der Waals surface area contributed by atoms with Crippen molar-refractivity contribution in [3.05, 3.63) is 28.4 Å². The highest BCUT2D eigenvalue weighted by molar-refractivity contribution is 7.66. The molecule has 0 aromatic carbocycles. The number of aliphatic hydroxyl groups excluding tert-OH is 1. The van der Waals surface area contributed by atoms with E-state index in [2.05, 4.69) is 28.4 Å². The Morgan fingerprint density at radius 3 is 2.54 bits per heavy atom.